The second-order valence-corrected chi connectivity index (χ2v) is 4.79. The second-order valence-electron chi connectivity index (χ2n) is 4.79. The van der Waals surface area contributed by atoms with Crippen molar-refractivity contribution in [3.05, 3.63) is 65.2 Å². The van der Waals surface area contributed by atoms with Gasteiger partial charge < -0.3 is 14.8 Å². The Morgan fingerprint density at radius 2 is 1.56 bits per heavy atom. The highest BCUT2D eigenvalue weighted by molar-refractivity contribution is 5.96. The van der Waals surface area contributed by atoms with Crippen LogP contribution in [-0.2, 0) is 14.3 Å². The normalized spacial score (nSPS) is 10.0. The summed E-state index contributed by atoms with van der Waals surface area (Å²) in [5.41, 5.74) is -0.231. The SMILES string of the molecule is COC(=O)c1ccc(NC(=O)COC(=O)c2c(F)cccc2F)cc1. The van der Waals surface area contributed by atoms with E-state index >= 15 is 0 Å². The molecule has 0 bridgehead atoms. The van der Waals surface area contributed by atoms with Crippen molar-refractivity contribution in [2.24, 2.45) is 0 Å². The summed E-state index contributed by atoms with van der Waals surface area (Å²) >= 11 is 0. The standard InChI is InChI=1S/C17H13F2NO5/c1-24-16(22)10-5-7-11(8-6-10)20-14(21)9-25-17(23)15-12(18)3-2-4-13(15)19/h2-8H,9H2,1H3,(H,20,21). The van der Waals surface area contributed by atoms with Crippen LogP contribution in [0.1, 0.15) is 20.7 Å². The Balaban J connectivity index is 1.92. The topological polar surface area (TPSA) is 81.7 Å². The minimum Gasteiger partial charge on any atom is -0.465 e. The van der Waals surface area contributed by atoms with Gasteiger partial charge in [-0.2, -0.15) is 0 Å². The first-order chi connectivity index (χ1) is 11.9. The summed E-state index contributed by atoms with van der Waals surface area (Å²) in [7, 11) is 1.24. The molecule has 2 aromatic rings. The van der Waals surface area contributed by atoms with Crippen LogP contribution in [0.3, 0.4) is 0 Å². The Hall–Kier alpha value is -3.29. The second kappa shape index (κ2) is 8.00. The number of ether oxygens (including phenoxy) is 2. The Morgan fingerprint density at radius 1 is 0.960 bits per heavy atom. The van der Waals surface area contributed by atoms with Gasteiger partial charge >= 0.3 is 11.9 Å². The molecule has 25 heavy (non-hydrogen) atoms. The van der Waals surface area contributed by atoms with Crippen LogP contribution in [0.2, 0.25) is 0 Å². The summed E-state index contributed by atoms with van der Waals surface area (Å²) in [6.45, 7) is -0.731. The van der Waals surface area contributed by atoms with Gasteiger partial charge in [-0.15, -0.1) is 0 Å². The first-order valence-corrected chi connectivity index (χ1v) is 7.01. The minimum absolute atomic E-state index is 0.293. The lowest BCUT2D eigenvalue weighted by atomic mass is 10.2. The van der Waals surface area contributed by atoms with Crippen LogP contribution in [0.25, 0.3) is 0 Å². The van der Waals surface area contributed by atoms with Gasteiger partial charge in [0.2, 0.25) is 0 Å². The van der Waals surface area contributed by atoms with Crippen LogP contribution in [0.15, 0.2) is 42.5 Å². The number of esters is 2. The van der Waals surface area contributed by atoms with Crippen LogP contribution < -0.4 is 5.32 Å². The number of benzene rings is 2. The van der Waals surface area contributed by atoms with E-state index in [0.717, 1.165) is 18.2 Å². The molecular formula is C17H13F2NO5. The van der Waals surface area contributed by atoms with E-state index in [1.165, 1.54) is 31.4 Å². The lowest BCUT2D eigenvalue weighted by Gasteiger charge is -2.08. The number of methoxy groups -OCH3 is 1. The molecule has 0 radical (unpaired) electrons. The molecule has 0 aliphatic heterocycles. The number of anilines is 1. The third-order valence-corrected chi connectivity index (χ3v) is 3.09. The van der Waals surface area contributed by atoms with Crippen LogP contribution in [-0.4, -0.2) is 31.6 Å². The molecule has 0 spiro atoms. The van der Waals surface area contributed by atoms with E-state index in [0.29, 0.717) is 11.3 Å². The Kier molecular flexibility index (Phi) is 5.78. The molecule has 0 fully saturated rings. The van der Waals surface area contributed by atoms with E-state index in [9.17, 15) is 23.2 Å². The smallest absolute Gasteiger partial charge is 0.344 e. The minimum atomic E-state index is -1.29. The molecule has 8 heteroatoms. The van der Waals surface area contributed by atoms with Crippen molar-refractivity contribution < 1.29 is 32.6 Å². The zero-order chi connectivity index (χ0) is 18.4. The average molecular weight is 349 g/mol. The predicted octanol–water partition coefficient (Wildman–Crippen LogP) is 2.55. The summed E-state index contributed by atoms with van der Waals surface area (Å²) < 4.78 is 36.0. The molecule has 2 rings (SSSR count). The van der Waals surface area contributed by atoms with E-state index in [4.69, 9.17) is 0 Å². The molecule has 130 valence electrons. The Morgan fingerprint density at radius 3 is 2.12 bits per heavy atom. The molecule has 0 aromatic heterocycles. The van der Waals surface area contributed by atoms with Crippen molar-refractivity contribution in [2.45, 2.75) is 0 Å². The molecule has 0 heterocycles. The summed E-state index contributed by atoms with van der Waals surface area (Å²) in [5, 5.41) is 2.41. The highest BCUT2D eigenvalue weighted by atomic mass is 19.1. The number of carbonyl (C=O) groups excluding carboxylic acids is 3. The van der Waals surface area contributed by atoms with Gasteiger partial charge in [-0.25, -0.2) is 18.4 Å². The third-order valence-electron chi connectivity index (χ3n) is 3.09. The zero-order valence-electron chi connectivity index (χ0n) is 13.0. The molecule has 0 aliphatic rings. The van der Waals surface area contributed by atoms with Gasteiger partial charge in [0.25, 0.3) is 5.91 Å². The summed E-state index contributed by atoms with van der Waals surface area (Å²) in [6, 6.07) is 8.67. The van der Waals surface area contributed by atoms with Gasteiger partial charge in [-0.3, -0.25) is 4.79 Å². The van der Waals surface area contributed by atoms with Crippen LogP contribution in [0, 0.1) is 11.6 Å². The molecule has 0 unspecified atom stereocenters. The fraction of sp³-hybridized carbons (Fsp3) is 0.118. The molecule has 0 saturated carbocycles. The highest BCUT2D eigenvalue weighted by Gasteiger charge is 2.19. The van der Waals surface area contributed by atoms with Crippen LogP contribution in [0.5, 0.6) is 0 Å². The van der Waals surface area contributed by atoms with Crippen molar-refractivity contribution in [3.63, 3.8) is 0 Å². The van der Waals surface area contributed by atoms with Gasteiger partial charge in [0, 0.05) is 5.69 Å². The fourth-order valence-electron chi connectivity index (χ4n) is 1.90. The van der Waals surface area contributed by atoms with E-state index in [1.807, 2.05) is 0 Å². The Bertz CT molecular complexity index is 785. The monoisotopic (exact) mass is 349 g/mol. The molecular weight excluding hydrogens is 336 g/mol. The number of nitrogens with one attached hydrogen (secondary N) is 1. The first-order valence-electron chi connectivity index (χ1n) is 7.01. The number of amides is 1. The fourth-order valence-corrected chi connectivity index (χ4v) is 1.90. The lowest BCUT2D eigenvalue weighted by Crippen LogP contribution is -2.22. The maximum Gasteiger partial charge on any atom is 0.344 e. The van der Waals surface area contributed by atoms with E-state index in [1.54, 1.807) is 0 Å². The van der Waals surface area contributed by atoms with Crippen molar-refractivity contribution >= 4 is 23.5 Å². The predicted molar refractivity (Wildman–Crippen MR) is 83.1 cm³/mol. The van der Waals surface area contributed by atoms with Crippen molar-refractivity contribution in [1.29, 1.82) is 0 Å². The molecule has 0 saturated heterocycles. The Labute approximate surface area is 141 Å². The van der Waals surface area contributed by atoms with Crippen molar-refractivity contribution in [1.82, 2.24) is 0 Å². The molecule has 6 nitrogen and oxygen atoms in total. The van der Waals surface area contributed by atoms with Crippen molar-refractivity contribution in [2.75, 3.05) is 19.0 Å². The average Bonchev–Trinajstić information content (AvgIpc) is 2.60. The van der Waals surface area contributed by atoms with E-state index in [2.05, 4.69) is 14.8 Å². The number of halogens is 2. The van der Waals surface area contributed by atoms with Gasteiger partial charge in [0.05, 0.1) is 12.7 Å². The van der Waals surface area contributed by atoms with Gasteiger partial charge in [0.15, 0.2) is 6.61 Å². The number of carbonyl (C=O) groups is 3. The number of rotatable bonds is 5. The van der Waals surface area contributed by atoms with E-state index < -0.39 is 41.7 Å². The van der Waals surface area contributed by atoms with Gasteiger partial charge in [-0.05, 0) is 36.4 Å². The highest BCUT2D eigenvalue weighted by Crippen LogP contribution is 2.14. The van der Waals surface area contributed by atoms with Crippen LogP contribution in [0.4, 0.5) is 14.5 Å². The molecule has 0 aliphatic carbocycles. The maximum absolute atomic E-state index is 13.4. The summed E-state index contributed by atoms with van der Waals surface area (Å²) in [6.07, 6.45) is 0. The maximum atomic E-state index is 13.4. The molecule has 2 aromatic carbocycles. The number of hydrogen-bond donors (Lipinski definition) is 1. The largest absolute Gasteiger partial charge is 0.465 e. The molecule has 1 amide bonds. The summed E-state index contributed by atoms with van der Waals surface area (Å²) in [4.78, 5) is 34.7. The van der Waals surface area contributed by atoms with Crippen LogP contribution >= 0.6 is 0 Å². The lowest BCUT2D eigenvalue weighted by molar-refractivity contribution is -0.119. The van der Waals surface area contributed by atoms with E-state index in [-0.39, 0.29) is 0 Å². The quantitative estimate of drug-likeness (QED) is 0.839. The summed E-state index contributed by atoms with van der Waals surface area (Å²) in [5.74, 6) is -4.69. The van der Waals surface area contributed by atoms with Gasteiger partial charge in [0.1, 0.15) is 17.2 Å². The molecule has 0 atom stereocenters. The number of hydrogen-bond acceptors (Lipinski definition) is 5. The van der Waals surface area contributed by atoms with Gasteiger partial charge in [-0.1, -0.05) is 6.07 Å². The van der Waals surface area contributed by atoms with Crippen molar-refractivity contribution in [3.8, 4) is 0 Å². The molecule has 1 N–H and O–H groups in total. The zero-order valence-corrected chi connectivity index (χ0v) is 13.0. The first kappa shape index (κ1) is 18.1. The third kappa shape index (κ3) is 4.60.